The van der Waals surface area contributed by atoms with E-state index in [1.165, 1.54) is 0 Å². The van der Waals surface area contributed by atoms with Crippen LogP contribution in [0.4, 0.5) is 0 Å². The number of nitrogens with one attached hydrogen (secondary N) is 1. The van der Waals surface area contributed by atoms with Crippen molar-refractivity contribution in [2.45, 2.75) is 43.7 Å². The van der Waals surface area contributed by atoms with Gasteiger partial charge in [-0.15, -0.1) is 0 Å². The number of carbonyl (C=O) groups is 2. The Morgan fingerprint density at radius 2 is 1.90 bits per heavy atom. The molecule has 6 nitrogen and oxygen atoms in total. The lowest BCUT2D eigenvalue weighted by Gasteiger charge is -2.55. The number of aliphatic hydroxyl groups is 1. The summed E-state index contributed by atoms with van der Waals surface area (Å²) in [5.41, 5.74) is 1.93. The smallest absolute Gasteiger partial charge is 0.227 e. The number of carbonyl (C=O) groups excluding carboxylic acids is 2. The van der Waals surface area contributed by atoms with E-state index >= 15 is 0 Å². The summed E-state index contributed by atoms with van der Waals surface area (Å²) >= 11 is 0. The van der Waals surface area contributed by atoms with Gasteiger partial charge in [0.25, 0.3) is 0 Å². The summed E-state index contributed by atoms with van der Waals surface area (Å²) in [5, 5.41) is 13.1. The van der Waals surface area contributed by atoms with Gasteiger partial charge < -0.3 is 15.3 Å². The van der Waals surface area contributed by atoms with Crippen molar-refractivity contribution in [1.29, 1.82) is 0 Å². The van der Waals surface area contributed by atoms with E-state index < -0.39 is 0 Å². The fraction of sp³-hybridized carbons (Fsp3) is 0.435. The van der Waals surface area contributed by atoms with Crippen molar-refractivity contribution in [3.8, 4) is 0 Å². The zero-order chi connectivity index (χ0) is 20.2. The van der Waals surface area contributed by atoms with Crippen LogP contribution >= 0.6 is 0 Å². The molecule has 2 aromatic rings. The number of benzene rings is 1. The lowest BCUT2D eigenvalue weighted by atomic mass is 9.74. The molecule has 0 unspecified atom stereocenters. The van der Waals surface area contributed by atoms with Gasteiger partial charge in [0.1, 0.15) is 0 Å². The first-order chi connectivity index (χ1) is 14.2. The van der Waals surface area contributed by atoms with Gasteiger partial charge in [0.2, 0.25) is 11.8 Å². The number of likely N-dealkylation sites (tertiary alicyclic amines) is 1. The van der Waals surface area contributed by atoms with Crippen molar-refractivity contribution < 1.29 is 14.7 Å². The number of aromatic nitrogens is 1. The lowest BCUT2D eigenvalue weighted by molar-refractivity contribution is -0.150. The normalized spacial score (nSPS) is 23.8. The summed E-state index contributed by atoms with van der Waals surface area (Å²) in [6.45, 7) is 0.301. The monoisotopic (exact) mass is 393 g/mol. The maximum atomic E-state index is 13.1. The molecule has 0 radical (unpaired) electrons. The predicted molar refractivity (Wildman–Crippen MR) is 109 cm³/mol. The molecular weight excluding hydrogens is 366 g/mol. The largest absolute Gasteiger partial charge is 0.394 e. The van der Waals surface area contributed by atoms with Crippen LogP contribution in [0.5, 0.6) is 0 Å². The summed E-state index contributed by atoms with van der Waals surface area (Å²) in [6, 6.07) is 13.2. The number of rotatable bonds is 7. The van der Waals surface area contributed by atoms with E-state index in [0.29, 0.717) is 6.54 Å². The SMILES string of the molecule is O=C(NC[C@@H]1[C@@H](c2ccccc2)[C@@H](CO)N1C(=O)Cc1cccnc1)C1CCC1. The molecule has 2 amide bonds. The maximum absolute atomic E-state index is 13.1. The Kier molecular flexibility index (Phi) is 5.90. The highest BCUT2D eigenvalue weighted by Gasteiger charge is 2.50. The molecule has 0 bridgehead atoms. The first-order valence-corrected chi connectivity index (χ1v) is 10.3. The first kappa shape index (κ1) is 19.6. The van der Waals surface area contributed by atoms with Crippen LogP contribution < -0.4 is 5.32 Å². The zero-order valence-corrected chi connectivity index (χ0v) is 16.4. The Morgan fingerprint density at radius 3 is 2.52 bits per heavy atom. The van der Waals surface area contributed by atoms with E-state index in [1.807, 2.05) is 42.5 Å². The quantitative estimate of drug-likeness (QED) is 0.753. The summed E-state index contributed by atoms with van der Waals surface area (Å²) in [7, 11) is 0. The molecule has 2 aliphatic rings. The van der Waals surface area contributed by atoms with Crippen LogP contribution in [0.2, 0.25) is 0 Å². The van der Waals surface area contributed by atoms with Crippen molar-refractivity contribution in [3.05, 3.63) is 66.0 Å². The second kappa shape index (κ2) is 8.74. The van der Waals surface area contributed by atoms with Crippen LogP contribution in [0, 0.1) is 5.92 Å². The van der Waals surface area contributed by atoms with Crippen molar-refractivity contribution in [2.24, 2.45) is 5.92 Å². The van der Waals surface area contributed by atoms with Crippen molar-refractivity contribution in [3.63, 3.8) is 0 Å². The van der Waals surface area contributed by atoms with E-state index in [-0.39, 0.29) is 48.8 Å². The molecule has 2 fully saturated rings. The van der Waals surface area contributed by atoms with Crippen LogP contribution in [0.1, 0.15) is 36.3 Å². The van der Waals surface area contributed by atoms with E-state index in [9.17, 15) is 14.7 Å². The highest BCUT2D eigenvalue weighted by Crippen LogP contribution is 2.41. The number of nitrogens with zero attached hydrogens (tertiary/aromatic N) is 2. The molecule has 1 saturated carbocycles. The van der Waals surface area contributed by atoms with Crippen molar-refractivity contribution in [2.75, 3.05) is 13.2 Å². The molecule has 2 N–H and O–H groups in total. The molecule has 1 aromatic carbocycles. The van der Waals surface area contributed by atoms with E-state index in [0.717, 1.165) is 30.4 Å². The Morgan fingerprint density at radius 1 is 1.10 bits per heavy atom. The van der Waals surface area contributed by atoms with Crippen LogP contribution in [0.15, 0.2) is 54.9 Å². The van der Waals surface area contributed by atoms with Crippen LogP contribution in [0.3, 0.4) is 0 Å². The molecule has 6 heteroatoms. The molecule has 1 aliphatic carbocycles. The molecule has 2 heterocycles. The third-order valence-corrected chi connectivity index (χ3v) is 6.24. The number of aliphatic hydroxyl groups excluding tert-OH is 1. The van der Waals surface area contributed by atoms with Gasteiger partial charge in [-0.1, -0.05) is 42.8 Å². The second-order valence-corrected chi connectivity index (χ2v) is 7.97. The Bertz CT molecular complexity index is 839. The molecule has 29 heavy (non-hydrogen) atoms. The van der Waals surface area contributed by atoms with Gasteiger partial charge in [-0.3, -0.25) is 14.6 Å². The number of hydrogen-bond donors (Lipinski definition) is 2. The van der Waals surface area contributed by atoms with Crippen LogP contribution in [-0.4, -0.2) is 52.0 Å². The van der Waals surface area contributed by atoms with Gasteiger partial charge >= 0.3 is 0 Å². The summed E-state index contributed by atoms with van der Waals surface area (Å²) in [5.74, 6) is 0.140. The van der Waals surface area contributed by atoms with Crippen molar-refractivity contribution in [1.82, 2.24) is 15.2 Å². The van der Waals surface area contributed by atoms with E-state index in [1.54, 1.807) is 17.3 Å². The zero-order valence-electron chi connectivity index (χ0n) is 16.4. The molecule has 4 rings (SSSR count). The molecule has 1 saturated heterocycles. The Balaban J connectivity index is 1.52. The number of pyridine rings is 1. The third-order valence-electron chi connectivity index (χ3n) is 6.24. The Hall–Kier alpha value is -2.73. The number of amides is 2. The summed E-state index contributed by atoms with van der Waals surface area (Å²) < 4.78 is 0. The van der Waals surface area contributed by atoms with Gasteiger partial charge in [0, 0.05) is 30.8 Å². The minimum absolute atomic E-state index is 0.000684. The lowest BCUT2D eigenvalue weighted by Crippen LogP contribution is -2.69. The predicted octanol–water partition coefficient (Wildman–Crippen LogP) is 1.90. The molecular formula is C23H27N3O3. The molecule has 0 spiro atoms. The van der Waals surface area contributed by atoms with Crippen molar-refractivity contribution >= 4 is 11.8 Å². The van der Waals surface area contributed by atoms with Gasteiger partial charge in [-0.25, -0.2) is 0 Å². The van der Waals surface area contributed by atoms with Gasteiger partial charge in [-0.05, 0) is 30.0 Å². The fourth-order valence-electron chi connectivity index (χ4n) is 4.45. The average Bonchev–Trinajstić information content (AvgIpc) is 2.67. The second-order valence-electron chi connectivity index (χ2n) is 7.97. The molecule has 1 aliphatic heterocycles. The first-order valence-electron chi connectivity index (χ1n) is 10.3. The standard InChI is InChI=1S/C23H27N3O3/c27-15-20-22(17-7-2-1-3-8-17)19(14-25-23(29)18-9-4-10-18)26(20)21(28)12-16-6-5-11-24-13-16/h1-3,5-8,11,13,18-20,22,27H,4,9-10,12,14-15H2,(H,25,29)/t19-,20-,22-/m1/s1. The van der Waals surface area contributed by atoms with Crippen LogP contribution in [-0.2, 0) is 16.0 Å². The van der Waals surface area contributed by atoms with Gasteiger partial charge in [0.15, 0.2) is 0 Å². The van der Waals surface area contributed by atoms with Crippen LogP contribution in [0.25, 0.3) is 0 Å². The molecule has 1 aromatic heterocycles. The maximum Gasteiger partial charge on any atom is 0.227 e. The topological polar surface area (TPSA) is 82.5 Å². The highest BCUT2D eigenvalue weighted by molar-refractivity contribution is 5.82. The average molecular weight is 393 g/mol. The highest BCUT2D eigenvalue weighted by atomic mass is 16.3. The van der Waals surface area contributed by atoms with E-state index in [2.05, 4.69) is 10.3 Å². The Labute approximate surface area is 171 Å². The minimum atomic E-state index is -0.285. The van der Waals surface area contributed by atoms with Gasteiger partial charge in [0.05, 0.1) is 25.1 Å². The molecule has 3 atom stereocenters. The van der Waals surface area contributed by atoms with E-state index in [4.69, 9.17) is 0 Å². The third kappa shape index (κ3) is 4.03. The van der Waals surface area contributed by atoms with Gasteiger partial charge in [-0.2, -0.15) is 0 Å². The minimum Gasteiger partial charge on any atom is -0.394 e. The molecule has 152 valence electrons. The fourth-order valence-corrected chi connectivity index (χ4v) is 4.45. The summed E-state index contributed by atoms with van der Waals surface area (Å²) in [6.07, 6.45) is 6.60. The number of hydrogen-bond acceptors (Lipinski definition) is 4. The summed E-state index contributed by atoms with van der Waals surface area (Å²) in [4.78, 5) is 31.3.